The van der Waals surface area contributed by atoms with Crippen LogP contribution in [-0.4, -0.2) is 30.5 Å². The van der Waals surface area contributed by atoms with Gasteiger partial charge in [0.1, 0.15) is 5.88 Å². The van der Waals surface area contributed by atoms with Crippen LogP contribution in [0, 0.1) is 0 Å². The number of fused-ring (bicyclic) bond motifs is 1. The molecule has 0 aromatic heterocycles. The average Bonchev–Trinajstić information content (AvgIpc) is 2.98. The molecule has 1 amide bonds. The highest BCUT2D eigenvalue weighted by Crippen LogP contribution is 2.31. The summed E-state index contributed by atoms with van der Waals surface area (Å²) in [5.74, 6) is -0.0244. The SMILES string of the molecule is O=C(CCl)N1CC(OC2CCCC2)Cc2ccccc21. The number of para-hydroxylation sites is 1. The Morgan fingerprint density at radius 1 is 1.25 bits per heavy atom. The number of hydrogen-bond acceptors (Lipinski definition) is 2. The summed E-state index contributed by atoms with van der Waals surface area (Å²) < 4.78 is 6.20. The van der Waals surface area contributed by atoms with Crippen molar-refractivity contribution in [2.75, 3.05) is 17.3 Å². The quantitative estimate of drug-likeness (QED) is 0.801. The van der Waals surface area contributed by atoms with Crippen molar-refractivity contribution in [1.29, 1.82) is 0 Å². The molecule has 1 aromatic rings. The third-order valence-corrected chi connectivity index (χ3v) is 4.45. The van der Waals surface area contributed by atoms with Crippen molar-refractivity contribution in [3.8, 4) is 0 Å². The molecule has 4 heteroatoms. The molecule has 108 valence electrons. The van der Waals surface area contributed by atoms with Crippen LogP contribution in [0.15, 0.2) is 24.3 Å². The number of benzene rings is 1. The number of halogens is 1. The van der Waals surface area contributed by atoms with E-state index in [1.165, 1.54) is 18.4 Å². The Labute approximate surface area is 124 Å². The first kappa shape index (κ1) is 13.9. The molecule has 1 aliphatic heterocycles. The predicted molar refractivity (Wildman–Crippen MR) is 80.3 cm³/mol. The number of amides is 1. The van der Waals surface area contributed by atoms with Crippen LogP contribution in [0.3, 0.4) is 0 Å². The van der Waals surface area contributed by atoms with Crippen LogP contribution in [-0.2, 0) is 16.0 Å². The summed E-state index contributed by atoms with van der Waals surface area (Å²) in [4.78, 5) is 13.8. The Bertz CT molecular complexity index is 485. The highest BCUT2D eigenvalue weighted by Gasteiger charge is 2.30. The largest absolute Gasteiger partial charge is 0.373 e. The van der Waals surface area contributed by atoms with Gasteiger partial charge in [0.05, 0.1) is 18.8 Å². The van der Waals surface area contributed by atoms with E-state index in [1.54, 1.807) is 4.90 Å². The Morgan fingerprint density at radius 2 is 2.00 bits per heavy atom. The van der Waals surface area contributed by atoms with Gasteiger partial charge in [-0.05, 0) is 24.5 Å². The van der Waals surface area contributed by atoms with E-state index in [1.807, 2.05) is 18.2 Å². The van der Waals surface area contributed by atoms with Gasteiger partial charge in [0.2, 0.25) is 5.91 Å². The zero-order valence-electron chi connectivity index (χ0n) is 11.6. The summed E-state index contributed by atoms with van der Waals surface area (Å²) >= 11 is 5.74. The van der Waals surface area contributed by atoms with Crippen LogP contribution in [0.5, 0.6) is 0 Å². The van der Waals surface area contributed by atoms with Gasteiger partial charge in [-0.15, -0.1) is 11.6 Å². The molecule has 0 spiro atoms. The van der Waals surface area contributed by atoms with Crippen LogP contribution in [0.1, 0.15) is 31.2 Å². The number of carbonyl (C=O) groups excluding carboxylic acids is 1. The summed E-state index contributed by atoms with van der Waals surface area (Å²) in [6.45, 7) is 0.624. The molecule has 0 saturated heterocycles. The monoisotopic (exact) mass is 293 g/mol. The molecule has 3 nitrogen and oxygen atoms in total. The van der Waals surface area contributed by atoms with E-state index in [-0.39, 0.29) is 17.9 Å². The van der Waals surface area contributed by atoms with Crippen molar-refractivity contribution in [1.82, 2.24) is 0 Å². The molecule has 1 unspecified atom stereocenters. The molecule has 0 N–H and O–H groups in total. The standard InChI is InChI=1S/C16H20ClNO2/c17-10-16(19)18-11-14(20-13-6-2-3-7-13)9-12-5-1-4-8-15(12)18/h1,4-5,8,13-14H,2-3,6-7,9-11H2. The van der Waals surface area contributed by atoms with Crippen molar-refractivity contribution in [2.24, 2.45) is 0 Å². The predicted octanol–water partition coefficient (Wildman–Crippen LogP) is 3.14. The third kappa shape index (κ3) is 2.84. The number of alkyl halides is 1. The molecular formula is C16H20ClNO2. The summed E-state index contributed by atoms with van der Waals surface area (Å²) in [5, 5.41) is 0. The lowest BCUT2D eigenvalue weighted by molar-refractivity contribution is -0.117. The Kier molecular flexibility index (Phi) is 4.27. The van der Waals surface area contributed by atoms with Gasteiger partial charge in [-0.1, -0.05) is 31.0 Å². The first-order valence-electron chi connectivity index (χ1n) is 7.37. The zero-order valence-corrected chi connectivity index (χ0v) is 12.3. The lowest BCUT2D eigenvalue weighted by atomic mass is 9.99. The maximum absolute atomic E-state index is 12.1. The van der Waals surface area contributed by atoms with E-state index in [0.717, 1.165) is 24.9 Å². The minimum absolute atomic E-state index is 0.0183. The fraction of sp³-hybridized carbons (Fsp3) is 0.562. The van der Waals surface area contributed by atoms with Crippen LogP contribution in [0.25, 0.3) is 0 Å². The topological polar surface area (TPSA) is 29.5 Å². The molecule has 0 radical (unpaired) electrons. The number of carbonyl (C=O) groups is 1. The van der Waals surface area contributed by atoms with E-state index >= 15 is 0 Å². The first-order valence-corrected chi connectivity index (χ1v) is 7.91. The van der Waals surface area contributed by atoms with Gasteiger partial charge in [-0.3, -0.25) is 4.79 Å². The second-order valence-electron chi connectivity index (χ2n) is 5.64. The van der Waals surface area contributed by atoms with Crippen LogP contribution >= 0.6 is 11.6 Å². The molecule has 1 aliphatic carbocycles. The highest BCUT2D eigenvalue weighted by atomic mass is 35.5. The van der Waals surface area contributed by atoms with E-state index in [9.17, 15) is 4.79 Å². The van der Waals surface area contributed by atoms with E-state index in [2.05, 4.69) is 6.07 Å². The van der Waals surface area contributed by atoms with Crippen LogP contribution in [0.4, 0.5) is 5.69 Å². The molecule has 1 aromatic carbocycles. The number of ether oxygens (including phenoxy) is 1. The Hall–Kier alpha value is -1.06. The number of nitrogens with zero attached hydrogens (tertiary/aromatic N) is 1. The van der Waals surface area contributed by atoms with Crippen molar-refractivity contribution >= 4 is 23.2 Å². The molecule has 2 aliphatic rings. The second-order valence-corrected chi connectivity index (χ2v) is 5.90. The fourth-order valence-electron chi connectivity index (χ4n) is 3.25. The number of hydrogen-bond donors (Lipinski definition) is 0. The summed E-state index contributed by atoms with van der Waals surface area (Å²) in [6.07, 6.45) is 6.19. The fourth-order valence-corrected chi connectivity index (χ4v) is 3.40. The van der Waals surface area contributed by atoms with Crippen molar-refractivity contribution in [2.45, 2.75) is 44.3 Å². The van der Waals surface area contributed by atoms with Crippen LogP contribution in [0.2, 0.25) is 0 Å². The van der Waals surface area contributed by atoms with Gasteiger partial charge in [0.25, 0.3) is 0 Å². The Balaban J connectivity index is 1.78. The van der Waals surface area contributed by atoms with Crippen molar-refractivity contribution in [3.05, 3.63) is 29.8 Å². The third-order valence-electron chi connectivity index (χ3n) is 4.22. The molecule has 1 saturated carbocycles. The molecular weight excluding hydrogens is 274 g/mol. The molecule has 1 heterocycles. The summed E-state index contributed by atoms with van der Waals surface area (Å²) in [7, 11) is 0. The molecule has 20 heavy (non-hydrogen) atoms. The van der Waals surface area contributed by atoms with Gasteiger partial charge in [0, 0.05) is 12.1 Å². The normalized spacial score (nSPS) is 22.9. The maximum atomic E-state index is 12.1. The second kappa shape index (κ2) is 6.15. The van der Waals surface area contributed by atoms with Crippen molar-refractivity contribution in [3.63, 3.8) is 0 Å². The van der Waals surface area contributed by atoms with Gasteiger partial charge in [0.15, 0.2) is 0 Å². The van der Waals surface area contributed by atoms with E-state index in [0.29, 0.717) is 12.6 Å². The van der Waals surface area contributed by atoms with Crippen molar-refractivity contribution < 1.29 is 9.53 Å². The molecule has 0 bridgehead atoms. The number of rotatable bonds is 3. The van der Waals surface area contributed by atoms with Gasteiger partial charge < -0.3 is 9.64 Å². The minimum Gasteiger partial charge on any atom is -0.373 e. The summed E-state index contributed by atoms with van der Waals surface area (Å²) in [5.41, 5.74) is 2.17. The zero-order chi connectivity index (χ0) is 13.9. The lowest BCUT2D eigenvalue weighted by Gasteiger charge is -2.35. The minimum atomic E-state index is -0.0427. The van der Waals surface area contributed by atoms with Gasteiger partial charge in [-0.2, -0.15) is 0 Å². The highest BCUT2D eigenvalue weighted by molar-refractivity contribution is 6.29. The van der Waals surface area contributed by atoms with Gasteiger partial charge >= 0.3 is 0 Å². The van der Waals surface area contributed by atoms with Gasteiger partial charge in [-0.25, -0.2) is 0 Å². The Morgan fingerprint density at radius 3 is 2.75 bits per heavy atom. The smallest absolute Gasteiger partial charge is 0.242 e. The maximum Gasteiger partial charge on any atom is 0.242 e. The van der Waals surface area contributed by atoms with E-state index < -0.39 is 0 Å². The number of anilines is 1. The van der Waals surface area contributed by atoms with E-state index in [4.69, 9.17) is 16.3 Å². The van der Waals surface area contributed by atoms with Crippen LogP contribution < -0.4 is 4.90 Å². The average molecular weight is 294 g/mol. The summed E-state index contributed by atoms with van der Waals surface area (Å²) in [6, 6.07) is 8.05. The molecule has 1 atom stereocenters. The molecule has 1 fully saturated rings. The molecule has 3 rings (SSSR count). The first-order chi connectivity index (χ1) is 9.78. The lowest BCUT2D eigenvalue weighted by Crippen LogP contribution is -2.45.